The largest absolute Gasteiger partial charge is 0.481 e. The van der Waals surface area contributed by atoms with E-state index >= 15 is 0 Å². The molecule has 0 aliphatic carbocycles. The summed E-state index contributed by atoms with van der Waals surface area (Å²) in [6.45, 7) is 6.98. The third kappa shape index (κ3) is 16.2. The van der Waals surface area contributed by atoms with Crippen LogP contribution >= 0.6 is 0 Å². The number of rotatable bonds is 15. The van der Waals surface area contributed by atoms with Crippen molar-refractivity contribution in [2.24, 2.45) is 0 Å². The SMILES string of the molecule is CCCCCC(=O)O.CCCCCC(=O)OCC1OCCC1OC(=O)CCCCC. The molecule has 1 saturated heterocycles. The van der Waals surface area contributed by atoms with Crippen LogP contribution in [0.2, 0.25) is 0 Å². The fourth-order valence-electron chi connectivity index (χ4n) is 2.96. The van der Waals surface area contributed by atoms with Crippen LogP contribution in [0.3, 0.4) is 0 Å². The molecule has 1 fully saturated rings. The smallest absolute Gasteiger partial charge is 0.306 e. The molecule has 0 aromatic heterocycles. The maximum Gasteiger partial charge on any atom is 0.306 e. The highest BCUT2D eigenvalue weighted by Crippen LogP contribution is 2.19. The lowest BCUT2D eigenvalue weighted by molar-refractivity contribution is -0.157. The number of esters is 2. The molecule has 0 aromatic rings. The predicted octanol–water partition coefficient (Wildman–Crippen LogP) is 5.04. The van der Waals surface area contributed by atoms with Crippen molar-refractivity contribution < 1.29 is 33.7 Å². The number of aliphatic carboxylic acids is 1. The zero-order valence-electron chi connectivity index (χ0n) is 19.2. The predicted molar refractivity (Wildman–Crippen MR) is 115 cm³/mol. The Labute approximate surface area is 181 Å². The Morgan fingerprint density at radius 2 is 1.37 bits per heavy atom. The zero-order valence-corrected chi connectivity index (χ0v) is 19.2. The molecule has 2 atom stereocenters. The summed E-state index contributed by atoms with van der Waals surface area (Å²) >= 11 is 0. The number of carboxylic acid groups (broad SMARTS) is 1. The fraction of sp³-hybridized carbons (Fsp3) is 0.870. The van der Waals surface area contributed by atoms with Crippen LogP contribution in [0, 0.1) is 0 Å². The summed E-state index contributed by atoms with van der Waals surface area (Å²) < 4.78 is 16.2. The highest BCUT2D eigenvalue weighted by atomic mass is 16.6. The molecular formula is C23H42O7. The zero-order chi connectivity index (χ0) is 22.6. The van der Waals surface area contributed by atoms with Crippen LogP contribution in [-0.4, -0.2) is 48.4 Å². The molecule has 1 aliphatic rings. The van der Waals surface area contributed by atoms with Crippen molar-refractivity contribution in [3.05, 3.63) is 0 Å². The van der Waals surface area contributed by atoms with E-state index in [0.29, 0.717) is 32.3 Å². The molecule has 0 aromatic carbocycles. The normalized spacial score (nSPS) is 17.7. The van der Waals surface area contributed by atoms with E-state index in [1.54, 1.807) is 0 Å². The number of carboxylic acids is 1. The van der Waals surface area contributed by atoms with Crippen molar-refractivity contribution >= 4 is 17.9 Å². The van der Waals surface area contributed by atoms with E-state index in [0.717, 1.165) is 57.8 Å². The molecule has 1 rings (SSSR count). The number of carbonyl (C=O) groups is 3. The van der Waals surface area contributed by atoms with Gasteiger partial charge in [0.15, 0.2) is 0 Å². The highest BCUT2D eigenvalue weighted by molar-refractivity contribution is 5.70. The molecule has 7 heteroatoms. The van der Waals surface area contributed by atoms with Crippen LogP contribution < -0.4 is 0 Å². The number of ether oxygens (including phenoxy) is 3. The van der Waals surface area contributed by atoms with Gasteiger partial charge >= 0.3 is 17.9 Å². The molecule has 176 valence electrons. The first-order chi connectivity index (χ1) is 14.4. The van der Waals surface area contributed by atoms with Gasteiger partial charge in [0, 0.05) is 25.7 Å². The maximum atomic E-state index is 11.7. The van der Waals surface area contributed by atoms with Crippen molar-refractivity contribution in [3.8, 4) is 0 Å². The summed E-state index contributed by atoms with van der Waals surface area (Å²) in [5, 5.41) is 8.14. The van der Waals surface area contributed by atoms with Gasteiger partial charge < -0.3 is 19.3 Å². The molecular weight excluding hydrogens is 388 g/mol. The van der Waals surface area contributed by atoms with Gasteiger partial charge in [0.05, 0.1) is 6.61 Å². The van der Waals surface area contributed by atoms with Crippen molar-refractivity contribution in [3.63, 3.8) is 0 Å². The van der Waals surface area contributed by atoms with Gasteiger partial charge in [-0.2, -0.15) is 0 Å². The minimum Gasteiger partial charge on any atom is -0.481 e. The second kappa shape index (κ2) is 19.3. The second-order valence-electron chi connectivity index (χ2n) is 7.67. The monoisotopic (exact) mass is 430 g/mol. The first-order valence-corrected chi connectivity index (χ1v) is 11.6. The Hall–Kier alpha value is -1.63. The van der Waals surface area contributed by atoms with E-state index in [4.69, 9.17) is 19.3 Å². The summed E-state index contributed by atoms with van der Waals surface area (Å²) in [7, 11) is 0. The molecule has 0 radical (unpaired) electrons. The van der Waals surface area contributed by atoms with E-state index in [-0.39, 0.29) is 30.8 Å². The van der Waals surface area contributed by atoms with Crippen LogP contribution in [0.25, 0.3) is 0 Å². The number of hydrogen-bond donors (Lipinski definition) is 1. The van der Waals surface area contributed by atoms with Crippen LogP contribution in [0.5, 0.6) is 0 Å². The Bertz CT molecular complexity index is 464. The highest BCUT2D eigenvalue weighted by Gasteiger charge is 2.32. The van der Waals surface area contributed by atoms with Crippen molar-refractivity contribution in [1.82, 2.24) is 0 Å². The van der Waals surface area contributed by atoms with E-state index in [2.05, 4.69) is 20.8 Å². The number of hydrogen-bond acceptors (Lipinski definition) is 6. The Morgan fingerprint density at radius 3 is 1.90 bits per heavy atom. The molecule has 1 N–H and O–H groups in total. The Morgan fingerprint density at radius 1 is 0.833 bits per heavy atom. The molecule has 1 aliphatic heterocycles. The van der Waals surface area contributed by atoms with Crippen molar-refractivity contribution in [1.29, 1.82) is 0 Å². The second-order valence-corrected chi connectivity index (χ2v) is 7.67. The summed E-state index contributed by atoms with van der Waals surface area (Å²) in [5.41, 5.74) is 0. The van der Waals surface area contributed by atoms with E-state index < -0.39 is 5.97 Å². The lowest BCUT2D eigenvalue weighted by Gasteiger charge is -2.19. The fourth-order valence-corrected chi connectivity index (χ4v) is 2.96. The van der Waals surface area contributed by atoms with E-state index in [1.807, 2.05) is 0 Å². The van der Waals surface area contributed by atoms with Crippen LogP contribution in [-0.2, 0) is 28.6 Å². The van der Waals surface area contributed by atoms with E-state index in [1.165, 1.54) is 0 Å². The Balaban J connectivity index is 0.000000890. The minimum atomic E-state index is -0.682. The van der Waals surface area contributed by atoms with Gasteiger partial charge in [-0.15, -0.1) is 0 Å². The average molecular weight is 431 g/mol. The summed E-state index contributed by atoms with van der Waals surface area (Å²) in [6.07, 6.45) is 10.2. The molecule has 0 amide bonds. The van der Waals surface area contributed by atoms with Crippen LogP contribution in [0.1, 0.15) is 104 Å². The third-order valence-corrected chi connectivity index (χ3v) is 4.80. The van der Waals surface area contributed by atoms with Gasteiger partial charge in [-0.3, -0.25) is 14.4 Å². The van der Waals surface area contributed by atoms with Gasteiger partial charge in [0.2, 0.25) is 0 Å². The van der Waals surface area contributed by atoms with Crippen molar-refractivity contribution in [2.75, 3.05) is 13.2 Å². The molecule has 2 unspecified atom stereocenters. The first-order valence-electron chi connectivity index (χ1n) is 11.6. The minimum absolute atomic E-state index is 0.178. The van der Waals surface area contributed by atoms with Gasteiger partial charge in [-0.1, -0.05) is 59.3 Å². The quantitative estimate of drug-likeness (QED) is 0.287. The molecule has 1 heterocycles. The van der Waals surface area contributed by atoms with Gasteiger partial charge in [0.25, 0.3) is 0 Å². The topological polar surface area (TPSA) is 99.1 Å². The third-order valence-electron chi connectivity index (χ3n) is 4.80. The average Bonchev–Trinajstić information content (AvgIpc) is 3.14. The van der Waals surface area contributed by atoms with E-state index in [9.17, 15) is 14.4 Å². The maximum absolute atomic E-state index is 11.7. The van der Waals surface area contributed by atoms with Gasteiger partial charge in [0.1, 0.15) is 18.8 Å². The summed E-state index contributed by atoms with van der Waals surface area (Å²) in [4.78, 5) is 33.2. The number of unbranched alkanes of at least 4 members (excludes halogenated alkanes) is 6. The number of carbonyl (C=O) groups excluding carboxylic acids is 2. The molecule has 0 bridgehead atoms. The standard InChI is InChI=1S/C17H30O5.C6H12O2/c1-3-5-7-9-16(18)21-13-15-14(11-12-20-15)22-17(19)10-8-6-4-2;1-2-3-4-5-6(7)8/h14-15H,3-13H2,1-2H3;2-5H2,1H3,(H,7,8). The molecule has 0 saturated carbocycles. The summed E-state index contributed by atoms with van der Waals surface area (Å²) in [6, 6.07) is 0. The van der Waals surface area contributed by atoms with Crippen LogP contribution in [0.4, 0.5) is 0 Å². The van der Waals surface area contributed by atoms with Crippen LogP contribution in [0.15, 0.2) is 0 Å². The lowest BCUT2D eigenvalue weighted by atomic mass is 10.2. The van der Waals surface area contributed by atoms with Gasteiger partial charge in [-0.25, -0.2) is 0 Å². The Kier molecular flexibility index (Phi) is 18.3. The molecule has 30 heavy (non-hydrogen) atoms. The lowest BCUT2D eigenvalue weighted by Crippen LogP contribution is -2.32. The summed E-state index contributed by atoms with van der Waals surface area (Å²) in [5.74, 6) is -1.06. The van der Waals surface area contributed by atoms with Crippen molar-refractivity contribution in [2.45, 2.75) is 116 Å². The first kappa shape index (κ1) is 28.4. The molecule has 0 spiro atoms. The molecule has 7 nitrogen and oxygen atoms in total. The van der Waals surface area contributed by atoms with Gasteiger partial charge in [-0.05, 0) is 19.3 Å².